The van der Waals surface area contributed by atoms with E-state index in [-0.39, 0.29) is 16.7 Å². The molecule has 0 aromatic heterocycles. The fourth-order valence-electron chi connectivity index (χ4n) is 3.62. The smallest absolute Gasteiger partial charge is 0.262 e. The Hall–Kier alpha value is -3.53. The standard InChI is InChI=1S/C23H27N3O6S/c1-4-13-24-22(27)19-6-5-14-26(19)23(28)16-7-9-17(10-8-16)25-33(29,30)18-11-12-20(31-2)21(15-18)32-3/h4,7-12,15,19,25H,1,5-6,13-14H2,2-3H3,(H,24,27)/t19-/m0/s1. The number of methoxy groups -OCH3 is 2. The summed E-state index contributed by atoms with van der Waals surface area (Å²) in [5.74, 6) is 0.219. The predicted octanol–water partition coefficient (Wildman–Crippen LogP) is 2.41. The Morgan fingerprint density at radius 2 is 1.82 bits per heavy atom. The SMILES string of the molecule is C=CCNC(=O)[C@@H]1CCCN1C(=O)c1ccc(NS(=O)(=O)c2ccc(OC)c(OC)c2)cc1. The van der Waals surface area contributed by atoms with Crippen LogP contribution in [0.3, 0.4) is 0 Å². The van der Waals surface area contributed by atoms with Crippen LogP contribution in [0.5, 0.6) is 11.5 Å². The van der Waals surface area contributed by atoms with Crippen molar-refractivity contribution >= 4 is 27.5 Å². The number of benzene rings is 2. The first-order valence-corrected chi connectivity index (χ1v) is 11.8. The second kappa shape index (κ2) is 10.4. The lowest BCUT2D eigenvalue weighted by Gasteiger charge is -2.24. The van der Waals surface area contributed by atoms with E-state index in [0.717, 1.165) is 6.42 Å². The number of rotatable bonds is 9. The minimum atomic E-state index is -3.89. The highest BCUT2D eigenvalue weighted by atomic mass is 32.2. The highest BCUT2D eigenvalue weighted by molar-refractivity contribution is 7.92. The fraction of sp³-hybridized carbons (Fsp3) is 0.304. The van der Waals surface area contributed by atoms with Crippen molar-refractivity contribution in [3.05, 3.63) is 60.7 Å². The molecule has 1 fully saturated rings. The molecule has 1 aliphatic rings. The molecule has 0 spiro atoms. The molecule has 0 unspecified atom stereocenters. The quantitative estimate of drug-likeness (QED) is 0.541. The third-order valence-corrected chi connectivity index (χ3v) is 6.67. The third kappa shape index (κ3) is 5.46. The van der Waals surface area contributed by atoms with Gasteiger partial charge in [0.2, 0.25) is 5.91 Å². The summed E-state index contributed by atoms with van der Waals surface area (Å²) in [6.45, 7) is 4.40. The van der Waals surface area contributed by atoms with E-state index >= 15 is 0 Å². The summed E-state index contributed by atoms with van der Waals surface area (Å²) in [5, 5.41) is 2.73. The molecule has 9 nitrogen and oxygen atoms in total. The molecular formula is C23H27N3O6S. The molecule has 3 rings (SSSR count). The van der Waals surface area contributed by atoms with Gasteiger partial charge < -0.3 is 19.7 Å². The first kappa shape index (κ1) is 24.1. The molecular weight excluding hydrogens is 446 g/mol. The number of hydrogen-bond acceptors (Lipinski definition) is 6. The molecule has 0 bridgehead atoms. The molecule has 1 aliphatic heterocycles. The van der Waals surface area contributed by atoms with Gasteiger partial charge in [-0.25, -0.2) is 8.42 Å². The van der Waals surface area contributed by atoms with Gasteiger partial charge in [-0.2, -0.15) is 0 Å². The van der Waals surface area contributed by atoms with Crippen LogP contribution in [0.25, 0.3) is 0 Å². The van der Waals surface area contributed by atoms with E-state index in [2.05, 4.69) is 16.6 Å². The molecule has 1 heterocycles. The van der Waals surface area contributed by atoms with Gasteiger partial charge in [0.1, 0.15) is 6.04 Å². The molecule has 2 aromatic carbocycles. The molecule has 1 saturated heterocycles. The van der Waals surface area contributed by atoms with Crippen LogP contribution >= 0.6 is 0 Å². The van der Waals surface area contributed by atoms with Gasteiger partial charge in [-0.3, -0.25) is 14.3 Å². The van der Waals surface area contributed by atoms with Crippen LogP contribution in [0.4, 0.5) is 5.69 Å². The molecule has 0 saturated carbocycles. The summed E-state index contributed by atoms with van der Waals surface area (Å²) in [6.07, 6.45) is 2.92. The molecule has 176 valence electrons. The molecule has 1 atom stereocenters. The zero-order valence-corrected chi connectivity index (χ0v) is 19.4. The van der Waals surface area contributed by atoms with Crippen molar-refractivity contribution in [2.75, 3.05) is 32.0 Å². The zero-order chi connectivity index (χ0) is 24.0. The number of sulfonamides is 1. The largest absolute Gasteiger partial charge is 0.493 e. The number of likely N-dealkylation sites (tertiary alicyclic amines) is 1. The minimum Gasteiger partial charge on any atom is -0.493 e. The Morgan fingerprint density at radius 1 is 1.12 bits per heavy atom. The van der Waals surface area contributed by atoms with Gasteiger partial charge in [-0.15, -0.1) is 6.58 Å². The van der Waals surface area contributed by atoms with Crippen LogP contribution in [-0.4, -0.2) is 58.5 Å². The summed E-state index contributed by atoms with van der Waals surface area (Å²) in [7, 11) is -1.00. The van der Waals surface area contributed by atoms with Gasteiger partial charge in [0, 0.05) is 30.4 Å². The van der Waals surface area contributed by atoms with Crippen LogP contribution in [0.15, 0.2) is 60.0 Å². The van der Waals surface area contributed by atoms with Crippen LogP contribution < -0.4 is 19.5 Å². The van der Waals surface area contributed by atoms with Crippen molar-refractivity contribution in [2.45, 2.75) is 23.8 Å². The molecule has 10 heteroatoms. The fourth-order valence-corrected chi connectivity index (χ4v) is 4.69. The number of nitrogens with one attached hydrogen (secondary N) is 2. The molecule has 2 N–H and O–H groups in total. The van der Waals surface area contributed by atoms with Crippen molar-refractivity contribution in [3.63, 3.8) is 0 Å². The van der Waals surface area contributed by atoms with Gasteiger partial charge in [0.25, 0.3) is 15.9 Å². The van der Waals surface area contributed by atoms with E-state index in [1.165, 1.54) is 56.7 Å². The Labute approximate surface area is 193 Å². The second-order valence-electron chi connectivity index (χ2n) is 7.39. The zero-order valence-electron chi connectivity index (χ0n) is 18.5. The van der Waals surface area contributed by atoms with E-state index in [4.69, 9.17) is 9.47 Å². The number of carbonyl (C=O) groups is 2. The molecule has 0 aliphatic carbocycles. The van der Waals surface area contributed by atoms with Crippen molar-refractivity contribution < 1.29 is 27.5 Å². The predicted molar refractivity (Wildman–Crippen MR) is 124 cm³/mol. The topological polar surface area (TPSA) is 114 Å². The number of ether oxygens (including phenoxy) is 2. The van der Waals surface area contributed by atoms with Crippen molar-refractivity contribution in [1.29, 1.82) is 0 Å². The van der Waals surface area contributed by atoms with E-state index in [1.807, 2.05) is 0 Å². The lowest BCUT2D eigenvalue weighted by atomic mass is 10.1. The van der Waals surface area contributed by atoms with E-state index in [9.17, 15) is 18.0 Å². The summed E-state index contributed by atoms with van der Waals surface area (Å²) in [4.78, 5) is 26.8. The average molecular weight is 474 g/mol. The summed E-state index contributed by atoms with van der Waals surface area (Å²) < 4.78 is 38.3. The first-order valence-electron chi connectivity index (χ1n) is 10.3. The van der Waals surface area contributed by atoms with Crippen molar-refractivity contribution in [2.24, 2.45) is 0 Å². The van der Waals surface area contributed by atoms with Gasteiger partial charge in [-0.05, 0) is 49.2 Å². The highest BCUT2D eigenvalue weighted by Gasteiger charge is 2.34. The summed E-state index contributed by atoms with van der Waals surface area (Å²) in [6, 6.07) is 9.84. The van der Waals surface area contributed by atoms with Gasteiger partial charge in [0.05, 0.1) is 19.1 Å². The summed E-state index contributed by atoms with van der Waals surface area (Å²) in [5.41, 5.74) is 0.663. The Balaban J connectivity index is 1.73. The maximum atomic E-state index is 12.9. The van der Waals surface area contributed by atoms with Crippen LogP contribution in [0, 0.1) is 0 Å². The van der Waals surface area contributed by atoms with Crippen LogP contribution in [-0.2, 0) is 14.8 Å². The molecule has 33 heavy (non-hydrogen) atoms. The average Bonchev–Trinajstić information content (AvgIpc) is 3.32. The number of amides is 2. The van der Waals surface area contributed by atoms with Gasteiger partial charge in [-0.1, -0.05) is 6.08 Å². The molecule has 2 aromatic rings. The highest BCUT2D eigenvalue weighted by Crippen LogP contribution is 2.30. The minimum absolute atomic E-state index is 0.00532. The lowest BCUT2D eigenvalue weighted by Crippen LogP contribution is -2.46. The van der Waals surface area contributed by atoms with E-state index in [0.29, 0.717) is 42.3 Å². The van der Waals surface area contributed by atoms with Crippen molar-refractivity contribution in [3.8, 4) is 11.5 Å². The Kier molecular flexibility index (Phi) is 7.59. The van der Waals surface area contributed by atoms with Gasteiger partial charge in [0.15, 0.2) is 11.5 Å². The third-order valence-electron chi connectivity index (χ3n) is 5.29. The lowest BCUT2D eigenvalue weighted by molar-refractivity contribution is -0.124. The molecule has 0 radical (unpaired) electrons. The maximum absolute atomic E-state index is 12.9. The number of nitrogens with zero attached hydrogens (tertiary/aromatic N) is 1. The van der Waals surface area contributed by atoms with Crippen LogP contribution in [0.1, 0.15) is 23.2 Å². The maximum Gasteiger partial charge on any atom is 0.262 e. The second-order valence-corrected chi connectivity index (χ2v) is 9.07. The van der Waals surface area contributed by atoms with Crippen LogP contribution in [0.2, 0.25) is 0 Å². The number of carbonyl (C=O) groups excluding carboxylic acids is 2. The first-order chi connectivity index (χ1) is 15.8. The summed E-state index contributed by atoms with van der Waals surface area (Å²) >= 11 is 0. The number of hydrogen-bond donors (Lipinski definition) is 2. The molecule has 2 amide bonds. The van der Waals surface area contributed by atoms with E-state index < -0.39 is 16.1 Å². The number of anilines is 1. The Morgan fingerprint density at radius 3 is 2.45 bits per heavy atom. The van der Waals surface area contributed by atoms with Gasteiger partial charge >= 0.3 is 0 Å². The monoisotopic (exact) mass is 473 g/mol. The van der Waals surface area contributed by atoms with E-state index in [1.54, 1.807) is 11.0 Å². The van der Waals surface area contributed by atoms with Crippen molar-refractivity contribution in [1.82, 2.24) is 10.2 Å². The normalized spacial score (nSPS) is 15.6. The Bertz CT molecular complexity index is 1130.